The Morgan fingerprint density at radius 3 is 2.44 bits per heavy atom. The summed E-state index contributed by atoms with van der Waals surface area (Å²) < 4.78 is 70.2. The van der Waals surface area contributed by atoms with Crippen molar-refractivity contribution in [1.29, 1.82) is 0 Å². The molecule has 4 heterocycles. The molecule has 0 amide bonds. The van der Waals surface area contributed by atoms with Crippen LogP contribution in [0.2, 0.25) is 0 Å². The van der Waals surface area contributed by atoms with Gasteiger partial charge in [-0.1, -0.05) is 36.1 Å². The predicted octanol–water partition coefficient (Wildman–Crippen LogP) is 7.42. The van der Waals surface area contributed by atoms with Crippen molar-refractivity contribution < 1.29 is 30.5 Å². The normalized spacial score (nSPS) is 15.5. The predicted molar refractivity (Wildman–Crippen MR) is 181 cm³/mol. The zero-order valence-corrected chi connectivity index (χ0v) is 28.0. The van der Waals surface area contributed by atoms with Crippen LogP contribution in [0.3, 0.4) is 0 Å². The van der Waals surface area contributed by atoms with E-state index in [-0.39, 0.29) is 24.3 Å². The molecule has 1 aliphatic rings. The van der Waals surface area contributed by atoms with Crippen LogP contribution in [-0.4, -0.2) is 44.0 Å². The molecule has 43 heavy (non-hydrogen) atoms. The number of aromatic nitrogens is 1. The topological polar surface area (TPSA) is 116 Å². The maximum absolute atomic E-state index is 11.5. The van der Waals surface area contributed by atoms with Crippen molar-refractivity contribution in [2.45, 2.75) is 37.6 Å². The number of allylic oxidation sites excluding steroid dienone is 2. The van der Waals surface area contributed by atoms with Gasteiger partial charge >= 0.3 is 0 Å². The fourth-order valence-corrected chi connectivity index (χ4v) is 10.4. The lowest BCUT2D eigenvalue weighted by molar-refractivity contribution is -0.667. The van der Waals surface area contributed by atoms with Gasteiger partial charge in [-0.05, 0) is 71.0 Å². The summed E-state index contributed by atoms with van der Waals surface area (Å²) in [6.07, 6.45) is 5.59. The van der Waals surface area contributed by atoms with Crippen LogP contribution >= 0.6 is 45.8 Å². The van der Waals surface area contributed by atoms with Gasteiger partial charge in [0.25, 0.3) is 25.2 Å². The zero-order chi connectivity index (χ0) is 30.4. The second-order valence-electron chi connectivity index (χ2n) is 10.2. The maximum atomic E-state index is 11.5. The summed E-state index contributed by atoms with van der Waals surface area (Å²) in [5.74, 6) is -0.620. The van der Waals surface area contributed by atoms with Crippen LogP contribution in [0.5, 0.6) is 0 Å². The van der Waals surface area contributed by atoms with E-state index in [0.717, 1.165) is 63.0 Å². The van der Waals surface area contributed by atoms with Gasteiger partial charge < -0.3 is 4.90 Å². The summed E-state index contributed by atoms with van der Waals surface area (Å²) in [7, 11) is -8.15. The van der Waals surface area contributed by atoms with E-state index in [1.54, 1.807) is 45.8 Å². The highest BCUT2D eigenvalue weighted by atomic mass is 32.2. The van der Waals surface area contributed by atoms with Crippen LogP contribution in [0.4, 0.5) is 5.69 Å². The number of aryl methyl sites for hydroxylation is 1. The van der Waals surface area contributed by atoms with Crippen LogP contribution in [0, 0.1) is 0 Å². The first-order chi connectivity index (χ1) is 20.5. The van der Waals surface area contributed by atoms with E-state index in [9.17, 15) is 25.9 Å². The molecule has 0 saturated heterocycles. The Hall–Kier alpha value is -2.30. The van der Waals surface area contributed by atoms with Gasteiger partial charge in [-0.15, -0.1) is 22.7 Å². The Morgan fingerprint density at radius 2 is 1.67 bits per heavy atom. The lowest BCUT2D eigenvalue weighted by Crippen LogP contribution is -2.36. The molecule has 0 saturated carbocycles. The number of thiazole rings is 1. The van der Waals surface area contributed by atoms with Crippen molar-refractivity contribution in [2.24, 2.45) is 0 Å². The molecule has 226 valence electrons. The van der Waals surface area contributed by atoms with Gasteiger partial charge in [-0.2, -0.15) is 21.4 Å². The molecule has 0 spiro atoms. The highest BCUT2D eigenvalue weighted by Gasteiger charge is 2.29. The van der Waals surface area contributed by atoms with Crippen molar-refractivity contribution >= 4 is 108 Å². The van der Waals surface area contributed by atoms with E-state index in [4.69, 9.17) is 0 Å². The van der Waals surface area contributed by atoms with Gasteiger partial charge in [0.2, 0.25) is 5.52 Å². The molecular weight excluding hydrogens is 665 g/mol. The van der Waals surface area contributed by atoms with Gasteiger partial charge in [0.05, 0.1) is 32.3 Å². The molecular formula is C29H29N2O6S6+. The van der Waals surface area contributed by atoms with Crippen molar-refractivity contribution in [3.63, 3.8) is 0 Å². The molecule has 0 fully saturated rings. The van der Waals surface area contributed by atoms with E-state index in [1.807, 2.05) is 0 Å². The zero-order valence-electron chi connectivity index (χ0n) is 23.1. The van der Waals surface area contributed by atoms with Gasteiger partial charge in [0.15, 0.2) is 6.54 Å². The minimum absolute atomic E-state index is 0.281. The summed E-state index contributed by atoms with van der Waals surface area (Å²) in [5.41, 5.74) is 3.19. The molecule has 2 aromatic carbocycles. The lowest BCUT2D eigenvalue weighted by Gasteiger charge is -2.21. The van der Waals surface area contributed by atoms with E-state index < -0.39 is 20.2 Å². The number of anilines is 1. The summed E-state index contributed by atoms with van der Waals surface area (Å²) in [5, 5.41) is 8.33. The van der Waals surface area contributed by atoms with Crippen LogP contribution < -0.4 is 9.47 Å². The van der Waals surface area contributed by atoms with Crippen LogP contribution in [0.1, 0.15) is 31.2 Å². The highest BCUT2D eigenvalue weighted by molar-refractivity contribution is 8.03. The van der Waals surface area contributed by atoms with Crippen molar-refractivity contribution in [2.75, 3.05) is 23.0 Å². The number of rotatable bonds is 11. The fraction of sp³-hybridized carbons (Fsp3) is 0.276. The summed E-state index contributed by atoms with van der Waals surface area (Å²) in [6.45, 7) is 2.96. The molecule has 0 atom stereocenters. The fourth-order valence-electron chi connectivity index (χ4n) is 5.29. The Balaban J connectivity index is 1.42. The number of hydrogen-bond donors (Lipinski definition) is 2. The largest absolute Gasteiger partial charge is 0.334 e. The minimum Gasteiger partial charge on any atom is -0.334 e. The van der Waals surface area contributed by atoms with Gasteiger partial charge in [0.1, 0.15) is 4.70 Å². The molecule has 0 radical (unpaired) electrons. The minimum atomic E-state index is -4.07. The SMILES string of the molecule is CCC(/C=C1\Sc2ccc3ccsc3c2N1CCCS(=O)(=O)O)=C\c1sc2ccc3sccc3c2[n+]1CCCS(=O)(=O)O. The number of thioether (sulfide) groups is 1. The number of hydrogen-bond acceptors (Lipinski definition) is 9. The Labute approximate surface area is 266 Å². The average molecular weight is 694 g/mol. The molecule has 6 rings (SSSR count). The molecule has 14 heteroatoms. The van der Waals surface area contributed by atoms with Gasteiger partial charge in [0, 0.05) is 28.6 Å². The van der Waals surface area contributed by atoms with Crippen molar-refractivity contribution in [3.05, 3.63) is 68.8 Å². The molecule has 3 aromatic heterocycles. The maximum Gasteiger partial charge on any atom is 0.265 e. The smallest absolute Gasteiger partial charge is 0.265 e. The van der Waals surface area contributed by atoms with E-state index in [2.05, 4.69) is 75.7 Å². The van der Waals surface area contributed by atoms with E-state index >= 15 is 0 Å². The summed E-state index contributed by atoms with van der Waals surface area (Å²) in [6, 6.07) is 12.6. The third kappa shape index (κ3) is 6.71. The molecule has 8 nitrogen and oxygen atoms in total. The molecule has 0 aliphatic carbocycles. The monoisotopic (exact) mass is 693 g/mol. The second kappa shape index (κ2) is 12.2. The second-order valence-corrected chi connectivity index (χ2v) is 17.3. The molecule has 5 aromatic rings. The van der Waals surface area contributed by atoms with Gasteiger partial charge in [-0.3, -0.25) is 9.11 Å². The number of benzene rings is 2. The summed E-state index contributed by atoms with van der Waals surface area (Å²) in [4.78, 5) is 3.26. The quantitative estimate of drug-likeness (QED) is 0.109. The van der Waals surface area contributed by atoms with Crippen LogP contribution in [0.25, 0.3) is 36.5 Å². The molecule has 2 N–H and O–H groups in total. The van der Waals surface area contributed by atoms with Crippen molar-refractivity contribution in [1.82, 2.24) is 0 Å². The third-order valence-electron chi connectivity index (χ3n) is 7.22. The standard InChI is InChI=1S/C29H28N2O6S6/c1-2-19(17-25-30(11-3-15-42(32,33)34)27-21-10-14-38-22(21)7-8-23(27)40-25)18-26-31(12-4-16-43(35,36)37)28-24(41-26)6-5-20-9-13-39-29(20)28/h5-10,13-14,17-18H,2-4,11-12,15-16H2,1H3,(H-,32,33,34,35,36,37)/p+1. The van der Waals surface area contributed by atoms with E-state index in [1.165, 1.54) is 0 Å². The first-order valence-corrected chi connectivity index (χ1v) is 20.2. The highest BCUT2D eigenvalue weighted by Crippen LogP contribution is 2.51. The molecule has 0 bridgehead atoms. The van der Waals surface area contributed by atoms with Crippen LogP contribution in [-0.2, 0) is 26.8 Å². The van der Waals surface area contributed by atoms with E-state index in [0.29, 0.717) is 13.1 Å². The van der Waals surface area contributed by atoms with Crippen LogP contribution in [0.15, 0.2) is 68.7 Å². The lowest BCUT2D eigenvalue weighted by atomic mass is 10.1. The first kappa shape index (κ1) is 30.7. The Kier molecular flexibility index (Phi) is 8.74. The van der Waals surface area contributed by atoms with Gasteiger partial charge in [-0.25, -0.2) is 0 Å². The Morgan fingerprint density at radius 1 is 0.930 bits per heavy atom. The molecule has 0 unspecified atom stereocenters. The average Bonchev–Trinajstić information content (AvgIpc) is 3.71. The first-order valence-electron chi connectivity index (χ1n) is 13.6. The third-order valence-corrected chi connectivity index (χ3v) is 12.8. The Bertz CT molecular complexity index is 2120. The van der Waals surface area contributed by atoms with Crippen molar-refractivity contribution in [3.8, 4) is 0 Å². The number of thiophene rings is 2. The summed E-state index contributed by atoms with van der Waals surface area (Å²) >= 11 is 6.61. The molecule has 1 aliphatic heterocycles. The number of nitrogens with zero attached hydrogens (tertiary/aromatic N) is 2. The number of fused-ring (bicyclic) bond motifs is 6.